The van der Waals surface area contributed by atoms with Crippen LogP contribution in [0.3, 0.4) is 0 Å². The molecule has 36 heavy (non-hydrogen) atoms. The molecule has 2 unspecified atom stereocenters. The average Bonchev–Trinajstić information content (AvgIpc) is 3.30. The van der Waals surface area contributed by atoms with Gasteiger partial charge in [-0.2, -0.15) is 5.10 Å². The van der Waals surface area contributed by atoms with Gasteiger partial charge >= 0.3 is 0 Å². The zero-order valence-corrected chi connectivity index (χ0v) is 22.4. The number of aromatic nitrogens is 1. The lowest BCUT2D eigenvalue weighted by Crippen LogP contribution is -2.36. The number of benzene rings is 2. The van der Waals surface area contributed by atoms with Crippen molar-refractivity contribution in [1.29, 1.82) is 0 Å². The van der Waals surface area contributed by atoms with Crippen molar-refractivity contribution in [2.24, 2.45) is 10.1 Å². The zero-order valence-electron chi connectivity index (χ0n) is 19.2. The summed E-state index contributed by atoms with van der Waals surface area (Å²) in [5.74, 6) is 0.372. The van der Waals surface area contributed by atoms with Crippen LogP contribution < -0.4 is 9.73 Å². The van der Waals surface area contributed by atoms with Crippen LogP contribution in [0.5, 0.6) is 0 Å². The smallest absolute Gasteiger partial charge is 0.264 e. The quantitative estimate of drug-likeness (QED) is 0.247. The van der Waals surface area contributed by atoms with Crippen LogP contribution in [-0.4, -0.2) is 47.7 Å². The Morgan fingerprint density at radius 2 is 1.83 bits per heavy atom. The molecule has 0 bridgehead atoms. The molecule has 2 heterocycles. The minimum Gasteiger partial charge on any atom is -0.265 e. The van der Waals surface area contributed by atoms with Crippen molar-refractivity contribution in [2.75, 3.05) is 23.6 Å². The Morgan fingerprint density at radius 3 is 2.47 bits per heavy atom. The molecule has 0 radical (unpaired) electrons. The first-order valence-corrected chi connectivity index (χ1v) is 14.9. The molecule has 1 N–H and O–H groups in total. The third-order valence-corrected chi connectivity index (χ3v) is 7.91. The first-order chi connectivity index (χ1) is 17.2. The molecule has 8 nitrogen and oxygen atoms in total. The van der Waals surface area contributed by atoms with Gasteiger partial charge in [-0.25, -0.2) is 13.4 Å². The number of amidine groups is 1. The summed E-state index contributed by atoms with van der Waals surface area (Å²) in [5, 5.41) is 7.37. The Kier molecular flexibility index (Phi) is 8.40. The van der Waals surface area contributed by atoms with Crippen molar-refractivity contribution < 1.29 is 12.6 Å². The fraction of sp³-hybridized carbons (Fsp3) is 0.208. The fourth-order valence-corrected chi connectivity index (χ4v) is 5.18. The van der Waals surface area contributed by atoms with Gasteiger partial charge in [0.05, 0.1) is 18.3 Å². The first-order valence-electron chi connectivity index (χ1n) is 10.9. The maximum absolute atomic E-state index is 13.1. The molecule has 0 fully saturated rings. The molecule has 188 valence electrons. The van der Waals surface area contributed by atoms with E-state index in [-0.39, 0.29) is 34.2 Å². The van der Waals surface area contributed by atoms with Gasteiger partial charge in [-0.1, -0.05) is 53.5 Å². The molecule has 2 atom stereocenters. The van der Waals surface area contributed by atoms with Crippen LogP contribution in [0.25, 0.3) is 0 Å². The van der Waals surface area contributed by atoms with Gasteiger partial charge in [-0.15, -0.1) is 0 Å². The van der Waals surface area contributed by atoms with Gasteiger partial charge in [0.15, 0.2) is 5.84 Å². The molecular weight excluding hydrogens is 541 g/mol. The third-order valence-electron chi connectivity index (χ3n) is 5.35. The van der Waals surface area contributed by atoms with E-state index >= 15 is 0 Å². The normalized spacial score (nSPS) is 17.1. The summed E-state index contributed by atoms with van der Waals surface area (Å²) in [6.45, 7) is 0.163. The number of aliphatic imine (C=N–C) groups is 1. The second-order valence-corrected chi connectivity index (χ2v) is 12.0. The summed E-state index contributed by atoms with van der Waals surface area (Å²) in [6, 6.07) is 19.6. The van der Waals surface area contributed by atoms with Crippen LogP contribution in [0.1, 0.15) is 18.0 Å². The molecule has 0 amide bonds. The van der Waals surface area contributed by atoms with Crippen LogP contribution in [-0.2, 0) is 20.8 Å². The molecule has 12 heteroatoms. The fourth-order valence-electron chi connectivity index (χ4n) is 3.60. The monoisotopic (exact) mass is 563 g/mol. The van der Waals surface area contributed by atoms with Crippen LogP contribution in [0.15, 0.2) is 87.9 Å². The van der Waals surface area contributed by atoms with Gasteiger partial charge < -0.3 is 0 Å². The number of nitrogens with zero attached hydrogens (tertiary/aromatic N) is 4. The molecule has 0 spiro atoms. The van der Waals surface area contributed by atoms with Gasteiger partial charge in [0, 0.05) is 40.4 Å². The number of sulfonamides is 1. The Morgan fingerprint density at radius 1 is 1.11 bits per heavy atom. The highest BCUT2D eigenvalue weighted by atomic mass is 35.5. The Bertz CT molecular complexity index is 1400. The molecule has 3 aromatic rings. The second-order valence-electron chi connectivity index (χ2n) is 7.93. The van der Waals surface area contributed by atoms with E-state index in [1.54, 1.807) is 18.4 Å². The molecule has 1 aliphatic heterocycles. The Labute approximate surface area is 222 Å². The van der Waals surface area contributed by atoms with Crippen LogP contribution >= 0.6 is 23.2 Å². The van der Waals surface area contributed by atoms with Crippen LogP contribution in [0.2, 0.25) is 10.2 Å². The number of nitrogens with one attached hydrogen (secondary N) is 1. The highest BCUT2D eigenvalue weighted by Gasteiger charge is 2.33. The molecule has 1 aliphatic rings. The van der Waals surface area contributed by atoms with E-state index in [1.165, 1.54) is 18.3 Å². The molecular formula is C24H23Cl2N5O3S2. The van der Waals surface area contributed by atoms with Crippen molar-refractivity contribution >= 4 is 61.3 Å². The number of hydrogen-bond donors (Lipinski definition) is 1. The lowest BCUT2D eigenvalue weighted by Gasteiger charge is -2.24. The summed E-state index contributed by atoms with van der Waals surface area (Å²) in [5.41, 5.74) is 2.25. The van der Waals surface area contributed by atoms with Crippen molar-refractivity contribution in [3.05, 3.63) is 88.7 Å². The van der Waals surface area contributed by atoms with Gasteiger partial charge in [0.1, 0.15) is 15.8 Å². The SMILES string of the molecule is CS(=O)CCN=C(NS(=O)(=O)c1ccc(Cl)nc1)C1=NN(c2ccc(Cl)cc2)C(c2ccccc2)C1. The molecule has 1 aromatic heterocycles. The largest absolute Gasteiger partial charge is 0.265 e. The predicted molar refractivity (Wildman–Crippen MR) is 146 cm³/mol. The van der Waals surface area contributed by atoms with Crippen molar-refractivity contribution in [3.8, 4) is 0 Å². The minimum absolute atomic E-state index is 0.0635. The third kappa shape index (κ3) is 6.50. The zero-order chi connectivity index (χ0) is 25.7. The standard InChI is InChI=1S/C24H23Cl2N5O3S2/c1-35(32)14-13-27-24(30-36(33,34)20-11-12-23(26)28-16-20)21-15-22(17-5-3-2-4-6-17)31(29-21)19-9-7-18(25)8-10-19/h2-12,16,22H,13-15H2,1H3,(H,27,30). The lowest BCUT2D eigenvalue weighted by atomic mass is 10.0. The predicted octanol–water partition coefficient (Wildman–Crippen LogP) is 4.45. The highest BCUT2D eigenvalue weighted by molar-refractivity contribution is 7.90. The number of hydrogen-bond acceptors (Lipinski definition) is 7. The Balaban J connectivity index is 1.72. The van der Waals surface area contributed by atoms with Crippen molar-refractivity contribution in [1.82, 2.24) is 9.71 Å². The number of pyridine rings is 1. The van der Waals surface area contributed by atoms with E-state index in [1.807, 2.05) is 47.5 Å². The molecule has 0 aliphatic carbocycles. The molecule has 0 saturated carbocycles. The molecule has 2 aromatic carbocycles. The number of rotatable bonds is 8. The number of hydrazone groups is 1. The van der Waals surface area contributed by atoms with Gasteiger partial charge in [0.2, 0.25) is 0 Å². The average molecular weight is 565 g/mol. The number of anilines is 1. The molecule has 4 rings (SSSR count). The van der Waals surface area contributed by atoms with E-state index in [2.05, 4.69) is 14.7 Å². The molecule has 0 saturated heterocycles. The minimum atomic E-state index is -4.03. The van der Waals surface area contributed by atoms with E-state index in [4.69, 9.17) is 28.3 Å². The van der Waals surface area contributed by atoms with E-state index in [9.17, 15) is 12.6 Å². The van der Waals surface area contributed by atoms with Gasteiger partial charge in [-0.05, 0) is 42.0 Å². The summed E-state index contributed by atoms with van der Waals surface area (Å²) in [4.78, 5) is 8.25. The maximum atomic E-state index is 13.1. The summed E-state index contributed by atoms with van der Waals surface area (Å²) in [7, 11) is -5.12. The topological polar surface area (TPSA) is 104 Å². The van der Waals surface area contributed by atoms with Gasteiger partial charge in [0.25, 0.3) is 10.0 Å². The second kappa shape index (κ2) is 11.5. The van der Waals surface area contributed by atoms with Crippen molar-refractivity contribution in [2.45, 2.75) is 17.4 Å². The lowest BCUT2D eigenvalue weighted by molar-refractivity contribution is 0.592. The maximum Gasteiger partial charge on any atom is 0.264 e. The van der Waals surface area contributed by atoms with E-state index in [0.29, 0.717) is 17.2 Å². The van der Waals surface area contributed by atoms with E-state index in [0.717, 1.165) is 11.3 Å². The number of halogens is 2. The van der Waals surface area contributed by atoms with Crippen molar-refractivity contribution in [3.63, 3.8) is 0 Å². The summed E-state index contributed by atoms with van der Waals surface area (Å²) in [6.07, 6.45) is 3.13. The van der Waals surface area contributed by atoms with Crippen LogP contribution in [0, 0.1) is 0 Å². The Hall–Kier alpha value is -2.79. The van der Waals surface area contributed by atoms with Crippen LogP contribution in [0.4, 0.5) is 5.69 Å². The summed E-state index contributed by atoms with van der Waals surface area (Å²) >= 11 is 11.9. The first kappa shape index (κ1) is 26.3. The van der Waals surface area contributed by atoms with Gasteiger partial charge in [-0.3, -0.25) is 18.9 Å². The van der Waals surface area contributed by atoms with E-state index < -0.39 is 20.8 Å². The highest BCUT2D eigenvalue weighted by Crippen LogP contribution is 2.36. The summed E-state index contributed by atoms with van der Waals surface area (Å²) < 4.78 is 40.4.